The summed E-state index contributed by atoms with van der Waals surface area (Å²) in [6, 6.07) is 10.6. The Hall–Kier alpha value is -2.98. The lowest BCUT2D eigenvalue weighted by Crippen LogP contribution is -2.42. The van der Waals surface area contributed by atoms with E-state index in [9.17, 15) is 14.4 Å². The minimum absolute atomic E-state index is 0.224. The van der Waals surface area contributed by atoms with Crippen LogP contribution in [0.3, 0.4) is 0 Å². The van der Waals surface area contributed by atoms with Gasteiger partial charge in [-0.15, -0.1) is 0 Å². The molecule has 0 unspecified atom stereocenters. The molecule has 0 amide bonds. The topological polar surface area (TPSA) is 65.4 Å². The zero-order chi connectivity index (χ0) is 19.4. The monoisotopic (exact) mass is 371 g/mol. The summed E-state index contributed by atoms with van der Waals surface area (Å²) in [5.74, 6) is -2.67. The molecule has 27 heavy (non-hydrogen) atoms. The lowest BCUT2D eigenvalue weighted by molar-refractivity contribution is 0.0595. The van der Waals surface area contributed by atoms with Gasteiger partial charge in [0, 0.05) is 6.04 Å². The number of carbonyl (C=O) groups is 1. The zero-order valence-corrected chi connectivity index (χ0v) is 14.8. The first kappa shape index (κ1) is 18.8. The van der Waals surface area contributed by atoms with Gasteiger partial charge in [0.25, 0.3) is 0 Å². The Morgan fingerprint density at radius 1 is 1.22 bits per heavy atom. The molecule has 2 aromatic rings. The molecule has 1 aliphatic heterocycles. The Kier molecular flexibility index (Phi) is 5.67. The molecule has 1 fully saturated rings. The van der Waals surface area contributed by atoms with Gasteiger partial charge >= 0.3 is 5.97 Å². The lowest BCUT2D eigenvalue weighted by atomic mass is 10.00. The smallest absolute Gasteiger partial charge is 0.340 e. The number of halogens is 2. The zero-order valence-electron chi connectivity index (χ0n) is 14.8. The van der Waals surface area contributed by atoms with Crippen LogP contribution in [0.15, 0.2) is 36.4 Å². The Bertz CT molecular complexity index is 889. The van der Waals surface area contributed by atoms with E-state index in [1.807, 2.05) is 0 Å². The second kappa shape index (κ2) is 8.14. The molecule has 0 aromatic heterocycles. The molecule has 0 aliphatic carbocycles. The third kappa shape index (κ3) is 3.62. The van der Waals surface area contributed by atoms with E-state index >= 15 is 4.39 Å². The minimum atomic E-state index is -0.992. The van der Waals surface area contributed by atoms with Crippen molar-refractivity contribution < 1.29 is 18.3 Å². The molecule has 140 valence electrons. The number of para-hydroxylation sites is 1. The molecule has 0 atom stereocenters. The number of hydrogen-bond acceptors (Lipinski definition) is 5. The number of piperidine rings is 1. The van der Waals surface area contributed by atoms with Crippen molar-refractivity contribution in [3.05, 3.63) is 59.2 Å². The highest BCUT2D eigenvalue weighted by Crippen LogP contribution is 2.37. The Morgan fingerprint density at radius 3 is 2.59 bits per heavy atom. The molecular formula is C20H19F2N3O2. The van der Waals surface area contributed by atoms with Crippen LogP contribution in [0.4, 0.5) is 20.2 Å². The fourth-order valence-corrected chi connectivity index (χ4v) is 3.37. The summed E-state index contributed by atoms with van der Waals surface area (Å²) in [6.45, 7) is 1.38. The maximum Gasteiger partial charge on any atom is 0.340 e. The van der Waals surface area contributed by atoms with Gasteiger partial charge in [-0.2, -0.15) is 5.26 Å². The average Bonchev–Trinajstić information content (AvgIpc) is 2.71. The summed E-state index contributed by atoms with van der Waals surface area (Å²) >= 11 is 0. The molecule has 0 spiro atoms. The quantitative estimate of drug-likeness (QED) is 0.833. The molecule has 1 heterocycles. The van der Waals surface area contributed by atoms with E-state index in [-0.39, 0.29) is 17.3 Å². The number of hydrogen-bond donors (Lipinski definition) is 1. The number of methoxy groups -OCH3 is 1. The third-order valence-electron chi connectivity index (χ3n) is 4.67. The number of carbonyl (C=O) groups excluding carboxylic acids is 1. The highest BCUT2D eigenvalue weighted by atomic mass is 19.1. The van der Waals surface area contributed by atoms with Crippen LogP contribution in [0.5, 0.6) is 0 Å². The van der Waals surface area contributed by atoms with Gasteiger partial charge in [-0.3, -0.25) is 0 Å². The van der Waals surface area contributed by atoms with Gasteiger partial charge in [-0.1, -0.05) is 12.1 Å². The van der Waals surface area contributed by atoms with Gasteiger partial charge < -0.3 is 15.0 Å². The molecule has 1 N–H and O–H groups in total. The summed E-state index contributed by atoms with van der Waals surface area (Å²) in [6.07, 6.45) is 1.28. The van der Waals surface area contributed by atoms with E-state index < -0.39 is 17.6 Å². The predicted octanol–water partition coefficient (Wildman–Crippen LogP) is 3.51. The molecule has 2 aromatic carbocycles. The first-order valence-corrected chi connectivity index (χ1v) is 8.64. The molecule has 1 saturated heterocycles. The number of ether oxygens (including phenoxy) is 1. The van der Waals surface area contributed by atoms with Crippen LogP contribution in [0.1, 0.15) is 28.8 Å². The number of benzene rings is 2. The summed E-state index contributed by atoms with van der Waals surface area (Å²) in [5, 5.41) is 12.7. The maximum absolute atomic E-state index is 15.2. The van der Waals surface area contributed by atoms with E-state index in [1.54, 1.807) is 24.3 Å². The summed E-state index contributed by atoms with van der Waals surface area (Å²) in [5.41, 5.74) is 0.0276. The SMILES string of the molecule is COC(=O)c1ccc(F)c(N(c2ccccc2C#N)C2CCNCC2)c1F. The van der Waals surface area contributed by atoms with E-state index in [0.717, 1.165) is 19.2 Å². The normalized spacial score (nSPS) is 14.4. The van der Waals surface area contributed by atoms with Crippen molar-refractivity contribution in [3.8, 4) is 6.07 Å². The van der Waals surface area contributed by atoms with Crippen LogP contribution in [0.25, 0.3) is 0 Å². The number of nitriles is 1. The lowest BCUT2D eigenvalue weighted by Gasteiger charge is -2.37. The number of nitrogens with zero attached hydrogens (tertiary/aromatic N) is 2. The van der Waals surface area contributed by atoms with Gasteiger partial charge in [-0.25, -0.2) is 13.6 Å². The molecule has 0 bridgehead atoms. The highest BCUT2D eigenvalue weighted by molar-refractivity contribution is 5.91. The fourth-order valence-electron chi connectivity index (χ4n) is 3.37. The number of anilines is 2. The average molecular weight is 371 g/mol. The number of esters is 1. The number of nitrogens with one attached hydrogen (secondary N) is 1. The highest BCUT2D eigenvalue weighted by Gasteiger charge is 2.31. The van der Waals surface area contributed by atoms with Gasteiger partial charge in [0.05, 0.1) is 23.9 Å². The van der Waals surface area contributed by atoms with Crippen LogP contribution >= 0.6 is 0 Å². The van der Waals surface area contributed by atoms with Crippen LogP contribution in [0.2, 0.25) is 0 Å². The molecule has 7 heteroatoms. The van der Waals surface area contributed by atoms with Crippen molar-refractivity contribution in [2.75, 3.05) is 25.1 Å². The van der Waals surface area contributed by atoms with Gasteiger partial charge in [-0.05, 0) is 50.2 Å². The van der Waals surface area contributed by atoms with Crippen molar-refractivity contribution in [3.63, 3.8) is 0 Å². The summed E-state index contributed by atoms with van der Waals surface area (Å²) in [7, 11) is 1.14. The number of rotatable bonds is 4. The van der Waals surface area contributed by atoms with Crippen molar-refractivity contribution in [2.45, 2.75) is 18.9 Å². The van der Waals surface area contributed by atoms with Crippen LogP contribution in [-0.2, 0) is 4.74 Å². The first-order chi connectivity index (χ1) is 13.1. The Morgan fingerprint density at radius 2 is 1.93 bits per heavy atom. The molecule has 0 radical (unpaired) electrons. The van der Waals surface area contributed by atoms with E-state index in [0.29, 0.717) is 37.2 Å². The molecule has 3 rings (SSSR count). The molecule has 1 aliphatic rings. The molecular weight excluding hydrogens is 352 g/mol. The summed E-state index contributed by atoms with van der Waals surface area (Å²) in [4.78, 5) is 13.4. The Labute approximate surface area is 156 Å². The maximum atomic E-state index is 15.2. The van der Waals surface area contributed by atoms with E-state index in [4.69, 9.17) is 0 Å². The first-order valence-electron chi connectivity index (χ1n) is 8.64. The van der Waals surface area contributed by atoms with Gasteiger partial charge in [0.1, 0.15) is 17.6 Å². The minimum Gasteiger partial charge on any atom is -0.465 e. The fraction of sp³-hybridized carbons (Fsp3) is 0.300. The van der Waals surface area contributed by atoms with Crippen LogP contribution < -0.4 is 10.2 Å². The molecule has 5 nitrogen and oxygen atoms in total. The van der Waals surface area contributed by atoms with E-state index in [1.165, 1.54) is 4.90 Å². The second-order valence-corrected chi connectivity index (χ2v) is 6.23. The third-order valence-corrected chi connectivity index (χ3v) is 4.67. The van der Waals surface area contributed by atoms with Crippen molar-refractivity contribution in [1.82, 2.24) is 5.32 Å². The molecule has 0 saturated carbocycles. The second-order valence-electron chi connectivity index (χ2n) is 6.23. The standard InChI is InChI=1S/C20H19F2N3O2/c1-27-20(26)15-6-7-16(21)19(18(15)22)25(14-8-10-24-11-9-14)17-5-3-2-4-13(17)12-23/h2-7,14,24H,8-11H2,1H3. The van der Waals surface area contributed by atoms with Crippen molar-refractivity contribution in [1.29, 1.82) is 5.26 Å². The van der Waals surface area contributed by atoms with Gasteiger partial charge in [0.15, 0.2) is 5.82 Å². The van der Waals surface area contributed by atoms with Crippen molar-refractivity contribution in [2.24, 2.45) is 0 Å². The van der Waals surface area contributed by atoms with E-state index in [2.05, 4.69) is 16.1 Å². The Balaban J connectivity index is 2.22. The van der Waals surface area contributed by atoms with Crippen molar-refractivity contribution >= 4 is 17.3 Å². The predicted molar refractivity (Wildman–Crippen MR) is 96.9 cm³/mol. The largest absolute Gasteiger partial charge is 0.465 e. The van der Waals surface area contributed by atoms with Crippen LogP contribution in [-0.4, -0.2) is 32.2 Å². The summed E-state index contributed by atoms with van der Waals surface area (Å²) < 4.78 is 34.6. The van der Waals surface area contributed by atoms with Crippen LogP contribution in [0, 0.1) is 23.0 Å². The van der Waals surface area contributed by atoms with Gasteiger partial charge in [0.2, 0.25) is 0 Å².